The lowest BCUT2D eigenvalue weighted by atomic mass is 9.86. The Balaban J connectivity index is 1.46. The maximum Gasteiger partial charge on any atom is 0.137 e. The number of nitrogens with zero attached hydrogens (tertiary/aromatic N) is 4. The SMILES string of the molecule is CN1C=CN(c2cc(Oc3ccc4c5ccccc5n(-c5ccccn5)c4c3)cc(C(C)(C)C)c2)N1. The first-order valence-corrected chi connectivity index (χ1v) is 12.1. The molecule has 3 aromatic carbocycles. The second-order valence-corrected chi connectivity index (χ2v) is 10.2. The van der Waals surface area contributed by atoms with E-state index < -0.39 is 0 Å². The molecule has 6 heteroatoms. The molecule has 2 aromatic heterocycles. The topological polar surface area (TPSA) is 45.6 Å². The van der Waals surface area contributed by atoms with Crippen LogP contribution in [-0.2, 0) is 5.41 Å². The third-order valence-electron chi connectivity index (χ3n) is 6.50. The highest BCUT2D eigenvalue weighted by Crippen LogP contribution is 2.37. The summed E-state index contributed by atoms with van der Waals surface area (Å²) in [5, 5.41) is 6.26. The third kappa shape index (κ3) is 3.95. The summed E-state index contributed by atoms with van der Waals surface area (Å²) in [6.45, 7) is 6.64. The zero-order chi connectivity index (χ0) is 24.9. The summed E-state index contributed by atoms with van der Waals surface area (Å²) >= 11 is 0. The zero-order valence-corrected chi connectivity index (χ0v) is 20.9. The van der Waals surface area contributed by atoms with E-state index in [2.05, 4.69) is 90.5 Å². The van der Waals surface area contributed by atoms with Crippen LogP contribution in [0.2, 0.25) is 0 Å². The molecule has 0 spiro atoms. The van der Waals surface area contributed by atoms with E-state index in [-0.39, 0.29) is 5.41 Å². The van der Waals surface area contributed by atoms with Crippen LogP contribution in [0.15, 0.2) is 97.5 Å². The molecule has 36 heavy (non-hydrogen) atoms. The third-order valence-corrected chi connectivity index (χ3v) is 6.50. The molecule has 0 saturated heterocycles. The van der Waals surface area contributed by atoms with E-state index in [0.29, 0.717) is 0 Å². The number of hydrogen-bond acceptors (Lipinski definition) is 5. The molecule has 0 amide bonds. The summed E-state index contributed by atoms with van der Waals surface area (Å²) in [4.78, 5) is 4.63. The number of ether oxygens (including phenoxy) is 1. The van der Waals surface area contributed by atoms with Gasteiger partial charge in [0.15, 0.2) is 0 Å². The van der Waals surface area contributed by atoms with Crippen LogP contribution in [0.25, 0.3) is 27.6 Å². The fraction of sp³-hybridized carbons (Fsp3) is 0.167. The number of para-hydroxylation sites is 1. The Hall–Kier alpha value is -4.29. The molecule has 0 atom stereocenters. The Bertz CT molecular complexity index is 1600. The predicted octanol–water partition coefficient (Wildman–Crippen LogP) is 6.91. The van der Waals surface area contributed by atoms with Crippen molar-refractivity contribution in [2.24, 2.45) is 0 Å². The minimum Gasteiger partial charge on any atom is -0.457 e. The van der Waals surface area contributed by atoms with Gasteiger partial charge in [-0.15, -0.1) is 5.53 Å². The Kier molecular flexibility index (Phi) is 5.20. The monoisotopic (exact) mass is 475 g/mol. The summed E-state index contributed by atoms with van der Waals surface area (Å²) in [5.74, 6) is 2.46. The summed E-state index contributed by atoms with van der Waals surface area (Å²) < 4.78 is 8.71. The van der Waals surface area contributed by atoms with Gasteiger partial charge in [-0.2, -0.15) is 0 Å². The number of hydrazine groups is 2. The van der Waals surface area contributed by atoms with Gasteiger partial charge in [0.05, 0.1) is 16.7 Å². The Morgan fingerprint density at radius 3 is 2.33 bits per heavy atom. The Morgan fingerprint density at radius 1 is 0.778 bits per heavy atom. The van der Waals surface area contributed by atoms with Crippen molar-refractivity contribution in [3.05, 3.63) is 103 Å². The second kappa shape index (κ2) is 8.43. The van der Waals surface area contributed by atoms with Crippen LogP contribution in [0.3, 0.4) is 0 Å². The van der Waals surface area contributed by atoms with Gasteiger partial charge in [0.2, 0.25) is 0 Å². The molecule has 1 aliphatic heterocycles. The van der Waals surface area contributed by atoms with E-state index in [9.17, 15) is 0 Å². The van der Waals surface area contributed by atoms with Crippen molar-refractivity contribution in [3.8, 4) is 17.3 Å². The van der Waals surface area contributed by atoms with E-state index in [1.165, 1.54) is 16.3 Å². The highest BCUT2D eigenvalue weighted by atomic mass is 16.5. The number of aromatic nitrogens is 2. The molecule has 1 N–H and O–H groups in total. The molecular formula is C30H29N5O. The normalized spacial score (nSPS) is 13.8. The van der Waals surface area contributed by atoms with Crippen molar-refractivity contribution in [1.82, 2.24) is 20.1 Å². The highest BCUT2D eigenvalue weighted by molar-refractivity contribution is 6.09. The minimum absolute atomic E-state index is 0.0290. The fourth-order valence-corrected chi connectivity index (χ4v) is 4.64. The van der Waals surface area contributed by atoms with E-state index >= 15 is 0 Å². The molecule has 0 unspecified atom stereocenters. The van der Waals surface area contributed by atoms with Crippen LogP contribution in [0.5, 0.6) is 11.5 Å². The quantitative estimate of drug-likeness (QED) is 0.306. The van der Waals surface area contributed by atoms with Crippen molar-refractivity contribution in [2.45, 2.75) is 26.2 Å². The van der Waals surface area contributed by atoms with E-state index in [1.54, 1.807) is 0 Å². The van der Waals surface area contributed by atoms with Gasteiger partial charge in [-0.25, -0.2) is 4.98 Å². The first-order chi connectivity index (χ1) is 17.4. The lowest BCUT2D eigenvalue weighted by molar-refractivity contribution is 0.358. The van der Waals surface area contributed by atoms with Crippen LogP contribution >= 0.6 is 0 Å². The van der Waals surface area contributed by atoms with Gasteiger partial charge in [0, 0.05) is 48.5 Å². The molecule has 0 bridgehead atoms. The van der Waals surface area contributed by atoms with Crippen LogP contribution in [-0.4, -0.2) is 21.6 Å². The fourth-order valence-electron chi connectivity index (χ4n) is 4.64. The molecule has 5 aromatic rings. The van der Waals surface area contributed by atoms with Crippen molar-refractivity contribution in [3.63, 3.8) is 0 Å². The maximum atomic E-state index is 6.51. The van der Waals surface area contributed by atoms with Crippen LogP contribution < -0.4 is 15.3 Å². The summed E-state index contributed by atoms with van der Waals surface area (Å²) in [6.07, 6.45) is 5.81. The number of rotatable bonds is 4. The molecule has 3 heterocycles. The van der Waals surface area contributed by atoms with Gasteiger partial charge in [-0.3, -0.25) is 14.6 Å². The molecule has 6 rings (SSSR count). The number of pyridine rings is 1. The lowest BCUT2D eigenvalue weighted by Gasteiger charge is -2.25. The maximum absolute atomic E-state index is 6.51. The van der Waals surface area contributed by atoms with Crippen LogP contribution in [0.4, 0.5) is 5.69 Å². The predicted molar refractivity (Wildman–Crippen MR) is 146 cm³/mol. The Morgan fingerprint density at radius 2 is 1.58 bits per heavy atom. The van der Waals surface area contributed by atoms with Crippen molar-refractivity contribution in [2.75, 3.05) is 12.1 Å². The molecule has 0 fully saturated rings. The molecular weight excluding hydrogens is 446 g/mol. The van der Waals surface area contributed by atoms with Gasteiger partial charge in [-0.05, 0) is 53.4 Å². The lowest BCUT2D eigenvalue weighted by Crippen LogP contribution is -2.36. The smallest absolute Gasteiger partial charge is 0.137 e. The number of anilines is 1. The minimum atomic E-state index is -0.0290. The first kappa shape index (κ1) is 22.2. The molecule has 0 saturated carbocycles. The van der Waals surface area contributed by atoms with Crippen molar-refractivity contribution >= 4 is 27.5 Å². The first-order valence-electron chi connectivity index (χ1n) is 12.1. The Labute approximate surface area is 211 Å². The van der Waals surface area contributed by atoms with Gasteiger partial charge < -0.3 is 4.74 Å². The van der Waals surface area contributed by atoms with Crippen LogP contribution in [0.1, 0.15) is 26.3 Å². The average molecular weight is 476 g/mol. The second-order valence-electron chi connectivity index (χ2n) is 10.2. The molecule has 0 aliphatic carbocycles. The zero-order valence-electron chi connectivity index (χ0n) is 20.9. The number of fused-ring (bicyclic) bond motifs is 3. The summed E-state index contributed by atoms with van der Waals surface area (Å²) in [5.41, 5.74) is 7.66. The molecule has 6 nitrogen and oxygen atoms in total. The van der Waals surface area contributed by atoms with Gasteiger partial charge >= 0.3 is 0 Å². The number of benzene rings is 3. The van der Waals surface area contributed by atoms with Crippen molar-refractivity contribution < 1.29 is 4.74 Å². The van der Waals surface area contributed by atoms with Gasteiger partial charge in [0.25, 0.3) is 0 Å². The summed E-state index contributed by atoms with van der Waals surface area (Å²) in [6, 6.07) is 27.1. The van der Waals surface area contributed by atoms with Crippen LogP contribution in [0, 0.1) is 0 Å². The largest absolute Gasteiger partial charge is 0.457 e. The molecule has 0 radical (unpaired) electrons. The number of nitrogens with one attached hydrogen (secondary N) is 1. The van der Waals surface area contributed by atoms with E-state index in [0.717, 1.165) is 34.0 Å². The highest BCUT2D eigenvalue weighted by Gasteiger charge is 2.20. The van der Waals surface area contributed by atoms with Gasteiger partial charge in [0.1, 0.15) is 17.3 Å². The van der Waals surface area contributed by atoms with E-state index in [1.807, 2.05) is 59.9 Å². The standard InChI is InChI=1S/C30H29N5O/c1-30(2,3)21-17-22(34-16-15-33(4)32-34)19-24(18-21)36-23-12-13-26-25-9-5-6-10-27(25)35(28(26)20-23)29-11-7-8-14-31-29/h5-20,32H,1-4H3. The summed E-state index contributed by atoms with van der Waals surface area (Å²) in [7, 11) is 1.97. The molecule has 180 valence electrons. The van der Waals surface area contributed by atoms with E-state index in [4.69, 9.17) is 4.74 Å². The van der Waals surface area contributed by atoms with Gasteiger partial charge in [-0.1, -0.05) is 45.0 Å². The molecule has 1 aliphatic rings. The van der Waals surface area contributed by atoms with Crippen molar-refractivity contribution in [1.29, 1.82) is 0 Å². The number of hydrogen-bond donors (Lipinski definition) is 1. The average Bonchev–Trinajstić information content (AvgIpc) is 3.45.